The Morgan fingerprint density at radius 2 is 1.93 bits per heavy atom. The number of hydrogen-bond acceptors (Lipinski definition) is 3. The minimum atomic E-state index is -3.34. The first kappa shape index (κ1) is 11.8. The smallest absolute Gasteiger partial charge is 0.298 e. The summed E-state index contributed by atoms with van der Waals surface area (Å²) < 4.78 is 21.2. The Morgan fingerprint density at radius 3 is 2.40 bits per heavy atom. The van der Waals surface area contributed by atoms with Gasteiger partial charge in [-0.3, -0.25) is 15.6 Å². The van der Waals surface area contributed by atoms with E-state index in [1.165, 1.54) is 14.2 Å². The van der Waals surface area contributed by atoms with Crippen molar-refractivity contribution in [1.29, 1.82) is 0 Å². The van der Waals surface area contributed by atoms with Crippen molar-refractivity contribution in [3.63, 3.8) is 0 Å². The van der Waals surface area contributed by atoms with Crippen LogP contribution in [0.2, 0.25) is 0 Å². The third-order valence-corrected chi connectivity index (χ3v) is 2.29. The Morgan fingerprint density at radius 1 is 1.27 bits per heavy atom. The summed E-state index contributed by atoms with van der Waals surface area (Å²) in [4.78, 5) is 0. The number of nitrogens with two attached hydrogens (primary N) is 2. The summed E-state index contributed by atoms with van der Waals surface area (Å²) in [5.41, 5.74) is 10.9. The average molecular weight is 231 g/mol. The van der Waals surface area contributed by atoms with Gasteiger partial charge >= 0.3 is 0 Å². The Labute approximate surface area is 88.1 Å². The third kappa shape index (κ3) is 3.43. The normalized spacial score (nSPS) is 10.9. The van der Waals surface area contributed by atoms with E-state index < -0.39 is 7.59 Å². The van der Waals surface area contributed by atoms with E-state index in [4.69, 9.17) is 20.5 Å². The van der Waals surface area contributed by atoms with Gasteiger partial charge in [0.15, 0.2) is 0 Å². The van der Waals surface area contributed by atoms with Gasteiger partial charge in [-0.1, -0.05) is 0 Å². The number of rotatable bonds is 4. The third-order valence-electron chi connectivity index (χ3n) is 1.70. The summed E-state index contributed by atoms with van der Waals surface area (Å²) in [6.45, 7) is 0. The van der Waals surface area contributed by atoms with Gasteiger partial charge in [0.1, 0.15) is 11.5 Å². The van der Waals surface area contributed by atoms with E-state index in [0.29, 0.717) is 17.2 Å². The summed E-state index contributed by atoms with van der Waals surface area (Å²) in [6, 6.07) is 4.98. The largest absolute Gasteiger partial charge is 0.497 e. The lowest BCUT2D eigenvalue weighted by Crippen LogP contribution is -2.13. The molecule has 0 unspecified atom stereocenters. The van der Waals surface area contributed by atoms with Crippen LogP contribution in [0.4, 0.5) is 5.69 Å². The quantitative estimate of drug-likeness (QED) is 0.672. The van der Waals surface area contributed by atoms with Crippen LogP contribution in [-0.4, -0.2) is 14.2 Å². The molecule has 0 heterocycles. The molecule has 0 saturated heterocycles. The molecule has 0 bridgehead atoms. The number of anilines is 1. The van der Waals surface area contributed by atoms with Crippen LogP contribution in [0.5, 0.6) is 11.5 Å². The predicted molar refractivity (Wildman–Crippen MR) is 59.2 cm³/mol. The van der Waals surface area contributed by atoms with Gasteiger partial charge in [0.25, 0.3) is 7.59 Å². The molecule has 0 aliphatic rings. The highest BCUT2D eigenvalue weighted by atomic mass is 31.2. The van der Waals surface area contributed by atoms with Gasteiger partial charge in [-0.2, -0.15) is 0 Å². The van der Waals surface area contributed by atoms with Crippen molar-refractivity contribution in [3.8, 4) is 11.5 Å². The molecule has 84 valence electrons. The summed E-state index contributed by atoms with van der Waals surface area (Å²) >= 11 is 0. The standard InChI is InChI=1S/C8H14N3O3P/c1-13-6-3-4-8(14-2)7(5-6)11-15(9,10)12/h3-5H,1-2H3,(H5,9,10,11,12). The molecule has 6 nitrogen and oxygen atoms in total. The molecular formula is C8H14N3O3P. The molecule has 7 heteroatoms. The molecule has 0 aromatic heterocycles. The number of methoxy groups -OCH3 is 2. The maximum atomic E-state index is 11.2. The number of nitrogens with one attached hydrogen (secondary N) is 1. The van der Waals surface area contributed by atoms with Gasteiger partial charge < -0.3 is 14.6 Å². The summed E-state index contributed by atoms with van der Waals surface area (Å²) in [5.74, 6) is 1.08. The van der Waals surface area contributed by atoms with Crippen molar-refractivity contribution >= 4 is 13.3 Å². The SMILES string of the molecule is COc1ccc(OC)c(NP(N)(N)=O)c1. The van der Waals surface area contributed by atoms with Crippen LogP contribution in [0.1, 0.15) is 0 Å². The van der Waals surface area contributed by atoms with Crippen LogP contribution in [0, 0.1) is 0 Å². The van der Waals surface area contributed by atoms with E-state index in [-0.39, 0.29) is 0 Å². The average Bonchev–Trinajstić information content (AvgIpc) is 2.15. The molecule has 1 aromatic rings. The number of ether oxygens (including phenoxy) is 2. The van der Waals surface area contributed by atoms with E-state index in [0.717, 1.165) is 0 Å². The van der Waals surface area contributed by atoms with E-state index in [1.54, 1.807) is 18.2 Å². The first-order valence-electron chi connectivity index (χ1n) is 4.14. The van der Waals surface area contributed by atoms with E-state index >= 15 is 0 Å². The van der Waals surface area contributed by atoms with Crippen molar-refractivity contribution in [2.75, 3.05) is 19.3 Å². The molecular weight excluding hydrogens is 217 g/mol. The highest BCUT2D eigenvalue weighted by Gasteiger charge is 2.12. The Bertz CT molecular complexity index is 391. The van der Waals surface area contributed by atoms with Gasteiger partial charge in [0.05, 0.1) is 19.9 Å². The van der Waals surface area contributed by atoms with Gasteiger partial charge in [-0.25, -0.2) is 0 Å². The molecule has 15 heavy (non-hydrogen) atoms. The fourth-order valence-corrected chi connectivity index (χ4v) is 1.64. The summed E-state index contributed by atoms with van der Waals surface area (Å²) in [7, 11) is -0.329. The topological polar surface area (TPSA) is 99.6 Å². The van der Waals surface area contributed by atoms with Crippen LogP contribution in [0.3, 0.4) is 0 Å². The Balaban J connectivity index is 3.06. The Hall–Kier alpha value is -1.23. The zero-order chi connectivity index (χ0) is 11.5. The predicted octanol–water partition coefficient (Wildman–Crippen LogP) is 1.14. The summed E-state index contributed by atoms with van der Waals surface area (Å²) in [6.07, 6.45) is 0. The van der Waals surface area contributed by atoms with E-state index in [2.05, 4.69) is 5.09 Å². The van der Waals surface area contributed by atoms with Crippen LogP contribution in [-0.2, 0) is 4.57 Å². The van der Waals surface area contributed by atoms with Crippen LogP contribution in [0.25, 0.3) is 0 Å². The minimum absolute atomic E-state index is 0.435. The zero-order valence-corrected chi connectivity index (χ0v) is 9.45. The Kier molecular flexibility index (Phi) is 3.57. The molecule has 0 radical (unpaired) electrons. The fraction of sp³-hybridized carbons (Fsp3) is 0.250. The molecule has 5 N–H and O–H groups in total. The molecule has 0 spiro atoms. The van der Waals surface area contributed by atoms with Crippen LogP contribution >= 0.6 is 7.59 Å². The second-order valence-corrected chi connectivity index (χ2v) is 4.53. The molecule has 1 rings (SSSR count). The van der Waals surface area contributed by atoms with Crippen LogP contribution < -0.4 is 25.6 Å². The summed E-state index contributed by atoms with van der Waals surface area (Å²) in [5, 5.41) is 2.48. The zero-order valence-electron chi connectivity index (χ0n) is 8.56. The highest BCUT2D eigenvalue weighted by Crippen LogP contribution is 2.36. The number of hydrogen-bond donors (Lipinski definition) is 3. The lowest BCUT2D eigenvalue weighted by Gasteiger charge is -2.14. The van der Waals surface area contributed by atoms with Crippen molar-refractivity contribution in [3.05, 3.63) is 18.2 Å². The first-order chi connectivity index (χ1) is 6.96. The van der Waals surface area contributed by atoms with Gasteiger partial charge in [-0.05, 0) is 12.1 Å². The van der Waals surface area contributed by atoms with Crippen LogP contribution in [0.15, 0.2) is 18.2 Å². The number of benzene rings is 1. The van der Waals surface area contributed by atoms with E-state index in [9.17, 15) is 4.57 Å². The van der Waals surface area contributed by atoms with Crippen molar-refractivity contribution in [1.82, 2.24) is 0 Å². The molecule has 0 amide bonds. The molecule has 1 aromatic carbocycles. The maximum Gasteiger partial charge on any atom is 0.298 e. The van der Waals surface area contributed by atoms with E-state index in [1.807, 2.05) is 0 Å². The van der Waals surface area contributed by atoms with Crippen molar-refractivity contribution in [2.45, 2.75) is 0 Å². The minimum Gasteiger partial charge on any atom is -0.497 e. The second-order valence-electron chi connectivity index (χ2n) is 2.89. The van der Waals surface area contributed by atoms with Gasteiger partial charge in [0, 0.05) is 6.07 Å². The lowest BCUT2D eigenvalue weighted by molar-refractivity contribution is 0.405. The maximum absolute atomic E-state index is 11.2. The monoisotopic (exact) mass is 231 g/mol. The first-order valence-corrected chi connectivity index (χ1v) is 5.98. The lowest BCUT2D eigenvalue weighted by atomic mass is 10.3. The highest BCUT2D eigenvalue weighted by molar-refractivity contribution is 7.60. The van der Waals surface area contributed by atoms with Crippen molar-refractivity contribution in [2.24, 2.45) is 11.0 Å². The molecule has 0 saturated carbocycles. The van der Waals surface area contributed by atoms with Gasteiger partial charge in [-0.15, -0.1) is 0 Å². The molecule has 0 fully saturated rings. The fourth-order valence-electron chi connectivity index (χ4n) is 1.09. The van der Waals surface area contributed by atoms with Gasteiger partial charge in [0.2, 0.25) is 0 Å². The second kappa shape index (κ2) is 4.53. The van der Waals surface area contributed by atoms with Crippen molar-refractivity contribution < 1.29 is 14.0 Å². The molecule has 0 atom stereocenters. The molecule has 0 aliphatic heterocycles. The molecule has 0 aliphatic carbocycles.